The standard InChI is InChI=1S/C20H23ClN4O3/c1-3-26-16-10-5-13(11-17(16)27-4-2)19(22)20-23-18(24-25-20)12-28-15-8-6-14(21)7-9-15/h5-11,19H,3-4,12,22H2,1-2H3,(H,23,24,25). The molecule has 28 heavy (non-hydrogen) atoms. The molecular formula is C20H23ClN4O3. The van der Waals surface area contributed by atoms with E-state index in [-0.39, 0.29) is 6.61 Å². The largest absolute Gasteiger partial charge is 0.490 e. The number of nitrogens with two attached hydrogens (primary N) is 1. The smallest absolute Gasteiger partial charge is 0.172 e. The maximum Gasteiger partial charge on any atom is 0.172 e. The lowest BCUT2D eigenvalue weighted by molar-refractivity contribution is 0.287. The van der Waals surface area contributed by atoms with Crippen LogP contribution in [0.5, 0.6) is 17.2 Å². The normalized spacial score (nSPS) is 11.9. The minimum Gasteiger partial charge on any atom is -0.490 e. The van der Waals surface area contributed by atoms with Crippen molar-refractivity contribution in [2.75, 3.05) is 13.2 Å². The summed E-state index contributed by atoms with van der Waals surface area (Å²) < 4.78 is 16.9. The Labute approximate surface area is 168 Å². The number of ether oxygens (including phenoxy) is 3. The third kappa shape index (κ3) is 4.94. The molecule has 1 atom stereocenters. The molecule has 0 bridgehead atoms. The van der Waals surface area contributed by atoms with Crippen molar-refractivity contribution in [2.45, 2.75) is 26.5 Å². The molecule has 0 aliphatic carbocycles. The second-order valence-corrected chi connectivity index (χ2v) is 6.37. The van der Waals surface area contributed by atoms with E-state index >= 15 is 0 Å². The Morgan fingerprint density at radius 2 is 1.71 bits per heavy atom. The van der Waals surface area contributed by atoms with Gasteiger partial charge in [-0.05, 0) is 55.8 Å². The first-order chi connectivity index (χ1) is 13.6. The molecule has 8 heteroatoms. The van der Waals surface area contributed by atoms with Gasteiger partial charge < -0.3 is 19.9 Å². The molecular weight excluding hydrogens is 380 g/mol. The van der Waals surface area contributed by atoms with Crippen LogP contribution in [-0.2, 0) is 6.61 Å². The van der Waals surface area contributed by atoms with Crippen molar-refractivity contribution in [2.24, 2.45) is 5.73 Å². The predicted octanol–water partition coefficient (Wildman–Crippen LogP) is 3.88. The molecule has 0 aliphatic rings. The maximum atomic E-state index is 6.35. The zero-order valence-electron chi connectivity index (χ0n) is 15.8. The van der Waals surface area contributed by atoms with Gasteiger partial charge in [0.1, 0.15) is 12.4 Å². The summed E-state index contributed by atoms with van der Waals surface area (Å²) in [5.74, 6) is 3.09. The van der Waals surface area contributed by atoms with Gasteiger partial charge >= 0.3 is 0 Å². The summed E-state index contributed by atoms with van der Waals surface area (Å²) >= 11 is 5.87. The van der Waals surface area contributed by atoms with Crippen molar-refractivity contribution in [3.8, 4) is 17.2 Å². The Morgan fingerprint density at radius 3 is 2.43 bits per heavy atom. The van der Waals surface area contributed by atoms with Crippen LogP contribution in [0.2, 0.25) is 5.02 Å². The molecule has 1 heterocycles. The van der Waals surface area contributed by atoms with Gasteiger partial charge in [0.15, 0.2) is 23.1 Å². The van der Waals surface area contributed by atoms with E-state index in [9.17, 15) is 0 Å². The van der Waals surface area contributed by atoms with Gasteiger partial charge in [0.05, 0.1) is 19.3 Å². The number of hydrogen-bond acceptors (Lipinski definition) is 6. The number of nitrogens with zero attached hydrogens (tertiary/aromatic N) is 2. The van der Waals surface area contributed by atoms with E-state index in [1.807, 2.05) is 32.0 Å². The number of rotatable bonds is 9. The van der Waals surface area contributed by atoms with Crippen LogP contribution in [0, 0.1) is 0 Å². The molecule has 0 radical (unpaired) electrons. The third-order valence-corrected chi connectivity index (χ3v) is 4.19. The molecule has 0 saturated carbocycles. The van der Waals surface area contributed by atoms with E-state index in [1.54, 1.807) is 24.3 Å². The SMILES string of the molecule is CCOc1ccc(C(N)c2n[nH]c(COc3ccc(Cl)cc3)n2)cc1OCC. The Bertz CT molecular complexity index is 899. The van der Waals surface area contributed by atoms with Crippen LogP contribution < -0.4 is 19.9 Å². The van der Waals surface area contributed by atoms with Crippen molar-refractivity contribution < 1.29 is 14.2 Å². The highest BCUT2D eigenvalue weighted by Gasteiger charge is 2.17. The lowest BCUT2D eigenvalue weighted by atomic mass is 10.1. The molecule has 0 aliphatic heterocycles. The van der Waals surface area contributed by atoms with E-state index in [0.717, 1.165) is 5.56 Å². The average molecular weight is 403 g/mol. The second-order valence-electron chi connectivity index (χ2n) is 5.93. The number of benzene rings is 2. The van der Waals surface area contributed by atoms with Crippen molar-refractivity contribution in [3.63, 3.8) is 0 Å². The zero-order valence-corrected chi connectivity index (χ0v) is 16.6. The molecule has 0 fully saturated rings. The van der Waals surface area contributed by atoms with Crippen LogP contribution in [0.4, 0.5) is 0 Å². The van der Waals surface area contributed by atoms with Gasteiger partial charge in [-0.2, -0.15) is 5.10 Å². The first-order valence-electron chi connectivity index (χ1n) is 9.05. The predicted molar refractivity (Wildman–Crippen MR) is 107 cm³/mol. The molecule has 2 aromatic carbocycles. The van der Waals surface area contributed by atoms with E-state index in [1.165, 1.54) is 0 Å². The highest BCUT2D eigenvalue weighted by molar-refractivity contribution is 6.30. The number of halogens is 1. The minimum atomic E-state index is -0.504. The van der Waals surface area contributed by atoms with E-state index in [0.29, 0.717) is 47.1 Å². The lowest BCUT2D eigenvalue weighted by Gasteiger charge is -2.14. The van der Waals surface area contributed by atoms with Crippen LogP contribution >= 0.6 is 11.6 Å². The molecule has 3 aromatic rings. The quantitative estimate of drug-likeness (QED) is 0.563. The van der Waals surface area contributed by atoms with E-state index in [4.69, 9.17) is 31.5 Å². The molecule has 7 nitrogen and oxygen atoms in total. The second kappa shape index (κ2) is 9.43. The van der Waals surface area contributed by atoms with Crippen molar-refractivity contribution in [1.82, 2.24) is 15.2 Å². The minimum absolute atomic E-state index is 0.245. The summed E-state index contributed by atoms with van der Waals surface area (Å²) in [6.45, 7) is 5.19. The van der Waals surface area contributed by atoms with Gasteiger partial charge in [0.2, 0.25) is 0 Å². The van der Waals surface area contributed by atoms with Crippen LogP contribution in [0.1, 0.15) is 37.1 Å². The third-order valence-electron chi connectivity index (χ3n) is 3.94. The average Bonchev–Trinajstić information content (AvgIpc) is 3.18. The molecule has 0 amide bonds. The van der Waals surface area contributed by atoms with Crippen LogP contribution in [0.15, 0.2) is 42.5 Å². The Kier molecular flexibility index (Phi) is 6.73. The molecule has 0 saturated heterocycles. The number of nitrogens with one attached hydrogen (secondary N) is 1. The number of hydrogen-bond donors (Lipinski definition) is 2. The van der Waals surface area contributed by atoms with Crippen LogP contribution in [0.3, 0.4) is 0 Å². The molecule has 1 unspecified atom stereocenters. The van der Waals surface area contributed by atoms with Crippen molar-refractivity contribution in [1.29, 1.82) is 0 Å². The maximum absolute atomic E-state index is 6.35. The summed E-state index contributed by atoms with van der Waals surface area (Å²) in [5.41, 5.74) is 7.18. The fourth-order valence-corrected chi connectivity index (χ4v) is 2.73. The van der Waals surface area contributed by atoms with Gasteiger partial charge in [-0.15, -0.1) is 0 Å². The fourth-order valence-electron chi connectivity index (χ4n) is 2.61. The Balaban J connectivity index is 1.70. The molecule has 0 spiro atoms. The number of aromatic amines is 1. The number of H-pyrrole nitrogens is 1. The van der Waals surface area contributed by atoms with Crippen LogP contribution in [-0.4, -0.2) is 28.4 Å². The van der Waals surface area contributed by atoms with E-state index in [2.05, 4.69) is 15.2 Å². The van der Waals surface area contributed by atoms with Gasteiger partial charge in [-0.1, -0.05) is 17.7 Å². The summed E-state index contributed by atoms with van der Waals surface area (Å²) in [6.07, 6.45) is 0. The van der Waals surface area contributed by atoms with Gasteiger partial charge in [-0.3, -0.25) is 5.10 Å². The first-order valence-corrected chi connectivity index (χ1v) is 9.43. The molecule has 148 valence electrons. The summed E-state index contributed by atoms with van der Waals surface area (Å²) in [7, 11) is 0. The fraction of sp³-hybridized carbons (Fsp3) is 0.300. The van der Waals surface area contributed by atoms with E-state index < -0.39 is 6.04 Å². The van der Waals surface area contributed by atoms with Crippen molar-refractivity contribution in [3.05, 3.63) is 64.7 Å². The molecule has 3 rings (SSSR count). The lowest BCUT2D eigenvalue weighted by Crippen LogP contribution is -2.14. The van der Waals surface area contributed by atoms with Crippen LogP contribution in [0.25, 0.3) is 0 Å². The monoisotopic (exact) mass is 402 g/mol. The summed E-state index contributed by atoms with van der Waals surface area (Å²) in [4.78, 5) is 4.44. The Hall–Kier alpha value is -2.77. The van der Waals surface area contributed by atoms with Gasteiger partial charge in [0, 0.05) is 5.02 Å². The van der Waals surface area contributed by atoms with Gasteiger partial charge in [0.25, 0.3) is 0 Å². The van der Waals surface area contributed by atoms with Gasteiger partial charge in [-0.25, -0.2) is 4.98 Å². The summed E-state index contributed by atoms with van der Waals surface area (Å²) in [5, 5.41) is 7.74. The highest BCUT2D eigenvalue weighted by Crippen LogP contribution is 2.31. The zero-order chi connectivity index (χ0) is 19.9. The van der Waals surface area contributed by atoms with Crippen molar-refractivity contribution >= 4 is 11.6 Å². The first kappa shape index (κ1) is 20.0. The topological polar surface area (TPSA) is 95.3 Å². The molecule has 1 aromatic heterocycles. The Morgan fingerprint density at radius 1 is 1.00 bits per heavy atom. The molecule has 3 N–H and O–H groups in total. The highest BCUT2D eigenvalue weighted by atomic mass is 35.5. The summed E-state index contributed by atoms with van der Waals surface area (Å²) in [6, 6.07) is 12.2. The number of aromatic nitrogens is 3.